The molecule has 10 heavy (non-hydrogen) atoms. The molecule has 0 aliphatic carbocycles. The van der Waals surface area contributed by atoms with E-state index in [1.54, 1.807) is 13.4 Å². The Morgan fingerprint density at radius 1 is 1.60 bits per heavy atom. The van der Waals surface area contributed by atoms with Gasteiger partial charge in [-0.25, -0.2) is 0 Å². The van der Waals surface area contributed by atoms with Gasteiger partial charge in [0.1, 0.15) is 5.76 Å². The maximum absolute atomic E-state index is 5.24. The molecule has 0 aromatic carbocycles. The molecular formula is C8H12O2. The zero-order valence-electron chi connectivity index (χ0n) is 6.55. The Kier molecular flexibility index (Phi) is 2.00. The lowest BCUT2D eigenvalue weighted by atomic mass is 10.2. The molecule has 1 aliphatic heterocycles. The molecule has 1 aliphatic rings. The number of hydrogen-bond acceptors (Lipinski definition) is 2. The van der Waals surface area contributed by atoms with Crippen molar-refractivity contribution in [1.82, 2.24) is 0 Å². The fourth-order valence-electron chi connectivity index (χ4n) is 0.877. The molecule has 0 spiro atoms. The molecular weight excluding hydrogens is 128 g/mol. The van der Waals surface area contributed by atoms with Gasteiger partial charge >= 0.3 is 0 Å². The van der Waals surface area contributed by atoms with Gasteiger partial charge in [-0.15, -0.1) is 0 Å². The van der Waals surface area contributed by atoms with Gasteiger partial charge in [0, 0.05) is 0 Å². The first-order valence-electron chi connectivity index (χ1n) is 3.32. The normalized spacial score (nSPS) is 24.5. The molecule has 56 valence electrons. The summed E-state index contributed by atoms with van der Waals surface area (Å²) in [6.07, 6.45) is 3.79. The van der Waals surface area contributed by atoms with Crippen LogP contribution >= 0.6 is 0 Å². The monoisotopic (exact) mass is 140 g/mol. The summed E-state index contributed by atoms with van der Waals surface area (Å²) in [6.45, 7) is 3.93. The second-order valence-electron chi connectivity index (χ2n) is 2.39. The summed E-state index contributed by atoms with van der Waals surface area (Å²) in [5.41, 5.74) is 1.09. The Hall–Kier alpha value is -0.920. The molecule has 1 unspecified atom stereocenters. The Bertz CT molecular complexity index is 180. The zero-order chi connectivity index (χ0) is 7.56. The number of allylic oxidation sites excluding steroid dienone is 2. The Balaban J connectivity index is 2.73. The SMILES string of the molecule is COC1=CC(C)=COC1C. The number of rotatable bonds is 1. The third kappa shape index (κ3) is 1.32. The fraction of sp³-hybridized carbons (Fsp3) is 0.500. The fourth-order valence-corrected chi connectivity index (χ4v) is 0.877. The number of hydrogen-bond donors (Lipinski definition) is 0. The molecule has 2 nitrogen and oxygen atoms in total. The maximum atomic E-state index is 5.24. The van der Waals surface area contributed by atoms with Gasteiger partial charge in [-0.3, -0.25) is 0 Å². The zero-order valence-corrected chi connectivity index (χ0v) is 6.55. The first kappa shape index (κ1) is 7.19. The van der Waals surface area contributed by atoms with Gasteiger partial charge in [0.05, 0.1) is 13.4 Å². The van der Waals surface area contributed by atoms with E-state index in [4.69, 9.17) is 9.47 Å². The minimum atomic E-state index is 0.0636. The van der Waals surface area contributed by atoms with Gasteiger partial charge in [0.15, 0.2) is 6.10 Å². The van der Waals surface area contributed by atoms with E-state index in [0.717, 1.165) is 11.3 Å². The number of ether oxygens (including phenoxy) is 2. The molecule has 0 amide bonds. The average Bonchev–Trinajstić information content (AvgIpc) is 1.94. The van der Waals surface area contributed by atoms with Crippen LogP contribution in [0, 0.1) is 0 Å². The Morgan fingerprint density at radius 3 is 2.80 bits per heavy atom. The second-order valence-corrected chi connectivity index (χ2v) is 2.39. The lowest BCUT2D eigenvalue weighted by Gasteiger charge is -2.18. The smallest absolute Gasteiger partial charge is 0.152 e. The van der Waals surface area contributed by atoms with Gasteiger partial charge in [-0.1, -0.05) is 0 Å². The third-order valence-corrected chi connectivity index (χ3v) is 1.46. The molecule has 0 aromatic rings. The highest BCUT2D eigenvalue weighted by Crippen LogP contribution is 2.16. The summed E-state index contributed by atoms with van der Waals surface area (Å²) in [5.74, 6) is 0.889. The van der Waals surface area contributed by atoms with Gasteiger partial charge in [-0.2, -0.15) is 0 Å². The van der Waals surface area contributed by atoms with Crippen LogP contribution in [0.2, 0.25) is 0 Å². The van der Waals surface area contributed by atoms with Crippen molar-refractivity contribution in [2.24, 2.45) is 0 Å². The minimum Gasteiger partial charge on any atom is -0.497 e. The summed E-state index contributed by atoms with van der Waals surface area (Å²) < 4.78 is 10.3. The Labute approximate surface area is 61.1 Å². The highest BCUT2D eigenvalue weighted by molar-refractivity contribution is 5.22. The molecule has 1 heterocycles. The standard InChI is InChI=1S/C8H12O2/c1-6-4-8(9-3)7(2)10-5-6/h4-5,7H,1-3H3. The van der Waals surface area contributed by atoms with Gasteiger partial charge in [-0.05, 0) is 25.5 Å². The van der Waals surface area contributed by atoms with Crippen LogP contribution in [0.3, 0.4) is 0 Å². The van der Waals surface area contributed by atoms with Crippen molar-refractivity contribution < 1.29 is 9.47 Å². The van der Waals surface area contributed by atoms with Crippen molar-refractivity contribution in [3.05, 3.63) is 23.7 Å². The van der Waals surface area contributed by atoms with Crippen LogP contribution in [0.15, 0.2) is 23.7 Å². The molecule has 0 bridgehead atoms. The largest absolute Gasteiger partial charge is 0.497 e. The topological polar surface area (TPSA) is 18.5 Å². The predicted molar refractivity (Wildman–Crippen MR) is 39.4 cm³/mol. The van der Waals surface area contributed by atoms with Crippen molar-refractivity contribution >= 4 is 0 Å². The van der Waals surface area contributed by atoms with E-state index >= 15 is 0 Å². The average molecular weight is 140 g/mol. The minimum absolute atomic E-state index is 0.0636. The van der Waals surface area contributed by atoms with Crippen LogP contribution < -0.4 is 0 Å². The number of methoxy groups -OCH3 is 1. The van der Waals surface area contributed by atoms with Crippen molar-refractivity contribution in [3.8, 4) is 0 Å². The van der Waals surface area contributed by atoms with E-state index in [1.165, 1.54) is 0 Å². The maximum Gasteiger partial charge on any atom is 0.152 e. The molecule has 0 saturated carbocycles. The van der Waals surface area contributed by atoms with E-state index < -0.39 is 0 Å². The van der Waals surface area contributed by atoms with Crippen molar-refractivity contribution in [3.63, 3.8) is 0 Å². The van der Waals surface area contributed by atoms with Crippen molar-refractivity contribution in [2.75, 3.05) is 7.11 Å². The van der Waals surface area contributed by atoms with Crippen LogP contribution in [0.25, 0.3) is 0 Å². The molecule has 0 radical (unpaired) electrons. The van der Waals surface area contributed by atoms with Crippen LogP contribution in [0.1, 0.15) is 13.8 Å². The van der Waals surface area contributed by atoms with Gasteiger partial charge in [0.2, 0.25) is 0 Å². The van der Waals surface area contributed by atoms with Crippen molar-refractivity contribution in [1.29, 1.82) is 0 Å². The first-order chi connectivity index (χ1) is 4.74. The van der Waals surface area contributed by atoms with E-state index in [2.05, 4.69) is 0 Å². The van der Waals surface area contributed by atoms with E-state index in [0.29, 0.717) is 0 Å². The quantitative estimate of drug-likeness (QED) is 0.553. The molecule has 0 saturated heterocycles. The van der Waals surface area contributed by atoms with E-state index in [-0.39, 0.29) is 6.10 Å². The lowest BCUT2D eigenvalue weighted by Crippen LogP contribution is -2.13. The molecule has 0 aromatic heterocycles. The summed E-state index contributed by atoms with van der Waals surface area (Å²) in [4.78, 5) is 0. The highest BCUT2D eigenvalue weighted by atomic mass is 16.5. The van der Waals surface area contributed by atoms with E-state index in [1.807, 2.05) is 19.9 Å². The molecule has 2 heteroatoms. The summed E-state index contributed by atoms with van der Waals surface area (Å²) >= 11 is 0. The lowest BCUT2D eigenvalue weighted by molar-refractivity contribution is 0.115. The third-order valence-electron chi connectivity index (χ3n) is 1.46. The highest BCUT2D eigenvalue weighted by Gasteiger charge is 2.12. The second kappa shape index (κ2) is 2.78. The van der Waals surface area contributed by atoms with Crippen LogP contribution in [0.5, 0.6) is 0 Å². The summed E-state index contributed by atoms with van der Waals surface area (Å²) in [7, 11) is 1.66. The predicted octanol–water partition coefficient (Wildman–Crippen LogP) is 1.84. The molecule has 1 rings (SSSR count). The van der Waals surface area contributed by atoms with Crippen molar-refractivity contribution in [2.45, 2.75) is 20.0 Å². The van der Waals surface area contributed by atoms with E-state index in [9.17, 15) is 0 Å². The van der Waals surface area contributed by atoms with Crippen LogP contribution in [-0.4, -0.2) is 13.2 Å². The molecule has 1 atom stereocenters. The van der Waals surface area contributed by atoms with Crippen LogP contribution in [0.4, 0.5) is 0 Å². The summed E-state index contributed by atoms with van der Waals surface area (Å²) in [6, 6.07) is 0. The summed E-state index contributed by atoms with van der Waals surface area (Å²) in [5, 5.41) is 0. The molecule has 0 fully saturated rings. The first-order valence-corrected chi connectivity index (χ1v) is 3.32. The Morgan fingerprint density at radius 2 is 2.30 bits per heavy atom. The van der Waals surface area contributed by atoms with Gasteiger partial charge < -0.3 is 9.47 Å². The van der Waals surface area contributed by atoms with Crippen LogP contribution in [-0.2, 0) is 9.47 Å². The molecule has 0 N–H and O–H groups in total. The van der Waals surface area contributed by atoms with Gasteiger partial charge in [0.25, 0.3) is 0 Å².